The molecule has 2 aromatic carbocycles. The van der Waals surface area contributed by atoms with Crippen LogP contribution in [-0.2, 0) is 14.8 Å². The zero-order chi connectivity index (χ0) is 21.7. The van der Waals surface area contributed by atoms with Crippen LogP contribution in [0.1, 0.15) is 24.0 Å². The summed E-state index contributed by atoms with van der Waals surface area (Å²) in [5.41, 5.74) is 1.77. The van der Waals surface area contributed by atoms with Crippen molar-refractivity contribution in [1.82, 2.24) is 9.21 Å². The van der Waals surface area contributed by atoms with Crippen LogP contribution in [0.3, 0.4) is 0 Å². The Labute approximate surface area is 183 Å². The molecule has 30 heavy (non-hydrogen) atoms. The smallest absolute Gasteiger partial charge is 0.243 e. The van der Waals surface area contributed by atoms with Gasteiger partial charge in [-0.3, -0.25) is 4.79 Å². The van der Waals surface area contributed by atoms with Gasteiger partial charge >= 0.3 is 0 Å². The Morgan fingerprint density at radius 3 is 2.43 bits per heavy atom. The number of sulfonamides is 1. The van der Waals surface area contributed by atoms with Crippen LogP contribution in [0.2, 0.25) is 5.02 Å². The molecule has 1 fully saturated rings. The van der Waals surface area contributed by atoms with Crippen LogP contribution in [-0.4, -0.2) is 56.3 Å². The molecule has 0 spiro atoms. The SMILES string of the molecule is Cc1ccc(S(=O)(=O)N2CCN(C(=O)CCCOc3ccccc3Cl)CC2)c(C)c1. The van der Waals surface area contributed by atoms with Crippen molar-refractivity contribution in [2.24, 2.45) is 0 Å². The van der Waals surface area contributed by atoms with Crippen molar-refractivity contribution in [3.63, 3.8) is 0 Å². The van der Waals surface area contributed by atoms with Gasteiger partial charge in [0.2, 0.25) is 15.9 Å². The summed E-state index contributed by atoms with van der Waals surface area (Å²) in [6.45, 7) is 5.55. The van der Waals surface area contributed by atoms with Crippen LogP contribution in [0.4, 0.5) is 0 Å². The minimum atomic E-state index is -3.55. The van der Waals surface area contributed by atoms with Gasteiger partial charge in [0.1, 0.15) is 5.75 Å². The Bertz CT molecular complexity index is 1000. The summed E-state index contributed by atoms with van der Waals surface area (Å²) in [5, 5.41) is 0.546. The van der Waals surface area contributed by atoms with E-state index >= 15 is 0 Å². The predicted molar refractivity (Wildman–Crippen MR) is 117 cm³/mol. The molecule has 1 amide bonds. The molecule has 3 rings (SSSR count). The number of para-hydroxylation sites is 1. The lowest BCUT2D eigenvalue weighted by Gasteiger charge is -2.34. The number of piperazine rings is 1. The fourth-order valence-electron chi connectivity index (χ4n) is 3.53. The van der Waals surface area contributed by atoms with E-state index in [9.17, 15) is 13.2 Å². The molecule has 1 heterocycles. The number of hydrogen-bond acceptors (Lipinski definition) is 4. The average molecular weight is 451 g/mol. The summed E-state index contributed by atoms with van der Waals surface area (Å²) in [7, 11) is -3.55. The molecule has 0 N–H and O–H groups in total. The minimum absolute atomic E-state index is 0.0151. The lowest BCUT2D eigenvalue weighted by molar-refractivity contribution is -0.132. The fourth-order valence-corrected chi connectivity index (χ4v) is 5.35. The van der Waals surface area contributed by atoms with E-state index in [0.29, 0.717) is 61.3 Å². The van der Waals surface area contributed by atoms with Crippen LogP contribution in [0.25, 0.3) is 0 Å². The monoisotopic (exact) mass is 450 g/mol. The van der Waals surface area contributed by atoms with E-state index in [1.807, 2.05) is 38.1 Å². The van der Waals surface area contributed by atoms with Gasteiger partial charge in [-0.1, -0.05) is 41.4 Å². The summed E-state index contributed by atoms with van der Waals surface area (Å²) in [4.78, 5) is 14.5. The first kappa shape index (κ1) is 22.6. The van der Waals surface area contributed by atoms with Crippen LogP contribution in [0, 0.1) is 13.8 Å². The van der Waals surface area contributed by atoms with Gasteiger partial charge < -0.3 is 9.64 Å². The van der Waals surface area contributed by atoms with Crippen molar-refractivity contribution < 1.29 is 17.9 Å². The molecule has 0 saturated carbocycles. The maximum absolute atomic E-state index is 13.0. The van der Waals surface area contributed by atoms with Crippen molar-refractivity contribution in [3.8, 4) is 5.75 Å². The summed E-state index contributed by atoms with van der Waals surface area (Å²) in [6, 6.07) is 12.6. The number of halogens is 1. The zero-order valence-corrected chi connectivity index (χ0v) is 18.9. The third-order valence-corrected chi connectivity index (χ3v) is 7.54. The number of hydrogen-bond donors (Lipinski definition) is 0. The molecule has 1 saturated heterocycles. The van der Waals surface area contributed by atoms with Gasteiger partial charge in [0.15, 0.2) is 0 Å². The maximum Gasteiger partial charge on any atom is 0.243 e. The summed E-state index contributed by atoms with van der Waals surface area (Å²) in [5.74, 6) is 0.623. The van der Waals surface area contributed by atoms with Crippen molar-refractivity contribution in [3.05, 3.63) is 58.6 Å². The number of rotatable bonds is 7. The standard InChI is InChI=1S/C22H27ClN2O4S/c1-17-9-10-21(18(2)16-17)30(27,28)25-13-11-24(12-14-25)22(26)8-5-15-29-20-7-4-3-6-19(20)23/h3-4,6-7,9-10,16H,5,8,11-15H2,1-2H3. The van der Waals surface area contributed by atoms with Gasteiger partial charge in [0, 0.05) is 32.6 Å². The minimum Gasteiger partial charge on any atom is -0.492 e. The highest BCUT2D eigenvalue weighted by molar-refractivity contribution is 7.89. The molecule has 0 unspecified atom stereocenters. The summed E-state index contributed by atoms with van der Waals surface area (Å²) >= 11 is 6.05. The second kappa shape index (κ2) is 9.81. The van der Waals surface area contributed by atoms with Gasteiger partial charge in [0.25, 0.3) is 0 Å². The number of benzene rings is 2. The normalized spacial score (nSPS) is 15.2. The maximum atomic E-state index is 13.0. The number of nitrogens with zero attached hydrogens (tertiary/aromatic N) is 2. The van der Waals surface area contributed by atoms with E-state index in [1.165, 1.54) is 4.31 Å². The van der Waals surface area contributed by atoms with Crippen LogP contribution in [0.5, 0.6) is 5.75 Å². The van der Waals surface area contributed by atoms with Crippen molar-refractivity contribution in [2.75, 3.05) is 32.8 Å². The van der Waals surface area contributed by atoms with Gasteiger partial charge in [0.05, 0.1) is 16.5 Å². The molecule has 2 aromatic rings. The fraction of sp³-hybridized carbons (Fsp3) is 0.409. The second-order valence-electron chi connectivity index (χ2n) is 7.44. The molecule has 0 bridgehead atoms. The van der Waals surface area contributed by atoms with Gasteiger partial charge in [-0.25, -0.2) is 8.42 Å². The zero-order valence-electron chi connectivity index (χ0n) is 17.3. The quantitative estimate of drug-likeness (QED) is 0.604. The van der Waals surface area contributed by atoms with Crippen molar-refractivity contribution in [2.45, 2.75) is 31.6 Å². The summed E-state index contributed by atoms with van der Waals surface area (Å²) in [6.07, 6.45) is 0.930. The van der Waals surface area contributed by atoms with E-state index in [1.54, 1.807) is 23.1 Å². The molecule has 6 nitrogen and oxygen atoms in total. The number of carbonyl (C=O) groups excluding carboxylic acids is 1. The lowest BCUT2D eigenvalue weighted by Crippen LogP contribution is -2.50. The van der Waals surface area contributed by atoms with Crippen LogP contribution in [0.15, 0.2) is 47.4 Å². The van der Waals surface area contributed by atoms with E-state index in [-0.39, 0.29) is 5.91 Å². The largest absolute Gasteiger partial charge is 0.492 e. The molecular formula is C22H27ClN2O4S. The van der Waals surface area contributed by atoms with Crippen LogP contribution >= 0.6 is 11.6 Å². The van der Waals surface area contributed by atoms with Crippen molar-refractivity contribution in [1.29, 1.82) is 0 Å². The third-order valence-electron chi connectivity index (χ3n) is 5.17. The first-order valence-corrected chi connectivity index (χ1v) is 11.8. The van der Waals surface area contributed by atoms with Gasteiger partial charge in [-0.2, -0.15) is 4.31 Å². The number of aryl methyl sites for hydroxylation is 2. The highest BCUT2D eigenvalue weighted by Crippen LogP contribution is 2.24. The Balaban J connectivity index is 1.47. The Morgan fingerprint density at radius 2 is 1.77 bits per heavy atom. The molecule has 1 aliphatic heterocycles. The lowest BCUT2D eigenvalue weighted by atomic mass is 10.2. The average Bonchev–Trinajstić information content (AvgIpc) is 2.72. The first-order valence-electron chi connectivity index (χ1n) is 10.0. The predicted octanol–water partition coefficient (Wildman–Crippen LogP) is 3.65. The summed E-state index contributed by atoms with van der Waals surface area (Å²) < 4.78 is 33.0. The van der Waals surface area contributed by atoms with E-state index in [0.717, 1.165) is 11.1 Å². The van der Waals surface area contributed by atoms with Crippen LogP contribution < -0.4 is 4.74 Å². The van der Waals surface area contributed by atoms with Crippen molar-refractivity contribution >= 4 is 27.5 Å². The highest BCUT2D eigenvalue weighted by Gasteiger charge is 2.30. The molecule has 0 aromatic heterocycles. The molecule has 0 radical (unpaired) electrons. The van der Waals surface area contributed by atoms with E-state index in [4.69, 9.17) is 16.3 Å². The van der Waals surface area contributed by atoms with Gasteiger partial charge in [-0.05, 0) is 44.0 Å². The molecule has 0 atom stereocenters. The Morgan fingerprint density at radius 1 is 1.07 bits per heavy atom. The molecular weight excluding hydrogens is 424 g/mol. The number of amides is 1. The number of carbonyl (C=O) groups is 1. The Hall–Kier alpha value is -2.09. The van der Waals surface area contributed by atoms with Gasteiger partial charge in [-0.15, -0.1) is 0 Å². The molecule has 1 aliphatic rings. The first-order chi connectivity index (χ1) is 14.3. The highest BCUT2D eigenvalue weighted by atomic mass is 35.5. The topological polar surface area (TPSA) is 66.9 Å². The molecule has 162 valence electrons. The van der Waals surface area contributed by atoms with E-state index < -0.39 is 10.0 Å². The second-order valence-corrected chi connectivity index (χ2v) is 9.75. The third kappa shape index (κ3) is 5.33. The van der Waals surface area contributed by atoms with E-state index in [2.05, 4.69) is 0 Å². The number of ether oxygens (including phenoxy) is 1. The molecule has 8 heteroatoms. The molecule has 0 aliphatic carbocycles. The Kier molecular flexibility index (Phi) is 7.39.